The molecule has 2 rings (SSSR count). The first-order valence-electron chi connectivity index (χ1n) is 6.42. The Bertz CT molecular complexity index is 353. The molecule has 0 bridgehead atoms. The SMILES string of the molecule is CCc1nc(CN2C(C)CCCC2CO)no1. The lowest BCUT2D eigenvalue weighted by molar-refractivity contribution is 0.0425. The molecule has 0 aliphatic carbocycles. The van der Waals surface area contributed by atoms with Gasteiger partial charge in [0.25, 0.3) is 0 Å². The number of likely N-dealkylation sites (tertiary alicyclic amines) is 1. The van der Waals surface area contributed by atoms with Gasteiger partial charge in [-0.2, -0.15) is 4.98 Å². The van der Waals surface area contributed by atoms with Crippen molar-refractivity contribution in [3.8, 4) is 0 Å². The Morgan fingerprint density at radius 3 is 2.94 bits per heavy atom. The number of hydrogen-bond donors (Lipinski definition) is 1. The van der Waals surface area contributed by atoms with E-state index in [1.165, 1.54) is 12.8 Å². The van der Waals surface area contributed by atoms with Gasteiger partial charge in [-0.15, -0.1) is 0 Å². The van der Waals surface area contributed by atoms with Crippen molar-refractivity contribution in [3.05, 3.63) is 11.7 Å². The summed E-state index contributed by atoms with van der Waals surface area (Å²) in [6.07, 6.45) is 4.19. The number of piperidine rings is 1. The van der Waals surface area contributed by atoms with E-state index < -0.39 is 0 Å². The quantitative estimate of drug-likeness (QED) is 0.859. The minimum absolute atomic E-state index is 0.211. The Hall–Kier alpha value is -0.940. The van der Waals surface area contributed by atoms with Crippen molar-refractivity contribution < 1.29 is 9.63 Å². The smallest absolute Gasteiger partial charge is 0.226 e. The first-order chi connectivity index (χ1) is 8.24. The molecule has 2 heterocycles. The van der Waals surface area contributed by atoms with Crippen LogP contribution in [0.4, 0.5) is 0 Å². The Morgan fingerprint density at radius 2 is 2.29 bits per heavy atom. The maximum atomic E-state index is 9.40. The molecule has 0 saturated carbocycles. The molecule has 17 heavy (non-hydrogen) atoms. The molecule has 2 atom stereocenters. The highest BCUT2D eigenvalue weighted by Crippen LogP contribution is 2.23. The van der Waals surface area contributed by atoms with Crippen molar-refractivity contribution in [3.63, 3.8) is 0 Å². The molecule has 1 N–H and O–H groups in total. The van der Waals surface area contributed by atoms with Gasteiger partial charge in [-0.1, -0.05) is 18.5 Å². The van der Waals surface area contributed by atoms with Crippen LogP contribution in [0.5, 0.6) is 0 Å². The summed E-state index contributed by atoms with van der Waals surface area (Å²) >= 11 is 0. The van der Waals surface area contributed by atoms with E-state index in [9.17, 15) is 5.11 Å². The molecule has 0 aromatic carbocycles. The normalized spacial score (nSPS) is 26.3. The number of nitrogens with zero attached hydrogens (tertiary/aromatic N) is 3. The molecule has 96 valence electrons. The molecular weight excluding hydrogens is 218 g/mol. The highest BCUT2D eigenvalue weighted by Gasteiger charge is 2.28. The summed E-state index contributed by atoms with van der Waals surface area (Å²) in [5, 5.41) is 13.4. The van der Waals surface area contributed by atoms with Crippen molar-refractivity contribution in [1.82, 2.24) is 15.0 Å². The number of aliphatic hydroxyl groups excluding tert-OH is 1. The molecule has 1 aromatic heterocycles. The van der Waals surface area contributed by atoms with E-state index in [-0.39, 0.29) is 12.6 Å². The molecule has 1 aromatic rings. The van der Waals surface area contributed by atoms with E-state index in [1.54, 1.807) is 0 Å². The third-order valence-corrected chi connectivity index (χ3v) is 3.54. The Kier molecular flexibility index (Phi) is 4.12. The Balaban J connectivity index is 2.03. The Morgan fingerprint density at radius 1 is 1.47 bits per heavy atom. The maximum Gasteiger partial charge on any atom is 0.226 e. The Labute approximate surface area is 102 Å². The van der Waals surface area contributed by atoms with Crippen LogP contribution in [-0.4, -0.2) is 38.8 Å². The second-order valence-electron chi connectivity index (χ2n) is 4.75. The summed E-state index contributed by atoms with van der Waals surface area (Å²) < 4.78 is 5.11. The lowest BCUT2D eigenvalue weighted by atomic mass is 9.97. The van der Waals surface area contributed by atoms with Crippen LogP contribution in [0.15, 0.2) is 4.52 Å². The van der Waals surface area contributed by atoms with E-state index >= 15 is 0 Å². The number of aromatic nitrogens is 2. The first kappa shape index (κ1) is 12.5. The van der Waals surface area contributed by atoms with Crippen molar-refractivity contribution in [2.75, 3.05) is 6.61 Å². The molecule has 0 radical (unpaired) electrons. The zero-order chi connectivity index (χ0) is 12.3. The van der Waals surface area contributed by atoms with Crippen LogP contribution in [0.2, 0.25) is 0 Å². The van der Waals surface area contributed by atoms with Crippen molar-refractivity contribution in [2.45, 2.75) is 58.2 Å². The molecule has 1 aliphatic heterocycles. The van der Waals surface area contributed by atoms with Crippen LogP contribution in [0, 0.1) is 0 Å². The molecule has 5 nitrogen and oxygen atoms in total. The molecule has 2 unspecified atom stereocenters. The standard InChI is InChI=1S/C12H21N3O2/c1-3-12-13-11(14-17-12)7-15-9(2)5-4-6-10(15)8-16/h9-10,16H,3-8H2,1-2H3. The lowest BCUT2D eigenvalue weighted by Gasteiger charge is -2.39. The van der Waals surface area contributed by atoms with Gasteiger partial charge in [-0.25, -0.2) is 0 Å². The lowest BCUT2D eigenvalue weighted by Crippen LogP contribution is -2.46. The zero-order valence-electron chi connectivity index (χ0n) is 10.6. The fourth-order valence-corrected chi connectivity index (χ4v) is 2.48. The highest BCUT2D eigenvalue weighted by molar-refractivity contribution is 4.90. The van der Waals surface area contributed by atoms with Gasteiger partial charge in [0.15, 0.2) is 5.82 Å². The van der Waals surface area contributed by atoms with Crippen LogP contribution >= 0.6 is 0 Å². The summed E-state index contributed by atoms with van der Waals surface area (Å²) in [5.74, 6) is 1.42. The average molecular weight is 239 g/mol. The summed E-state index contributed by atoms with van der Waals surface area (Å²) in [7, 11) is 0. The molecule has 1 saturated heterocycles. The minimum Gasteiger partial charge on any atom is -0.395 e. The molecule has 1 aliphatic rings. The molecule has 1 fully saturated rings. The van der Waals surface area contributed by atoms with E-state index in [2.05, 4.69) is 22.0 Å². The summed E-state index contributed by atoms with van der Waals surface area (Å²) in [5.41, 5.74) is 0. The zero-order valence-corrected chi connectivity index (χ0v) is 10.6. The van der Waals surface area contributed by atoms with Gasteiger partial charge in [0.05, 0.1) is 13.2 Å². The van der Waals surface area contributed by atoms with E-state index in [0.29, 0.717) is 18.5 Å². The monoisotopic (exact) mass is 239 g/mol. The second-order valence-corrected chi connectivity index (χ2v) is 4.75. The third kappa shape index (κ3) is 2.84. The van der Waals surface area contributed by atoms with Gasteiger partial charge in [-0.3, -0.25) is 4.90 Å². The van der Waals surface area contributed by atoms with Crippen molar-refractivity contribution in [2.24, 2.45) is 0 Å². The van der Waals surface area contributed by atoms with E-state index in [0.717, 1.165) is 18.7 Å². The van der Waals surface area contributed by atoms with Gasteiger partial charge >= 0.3 is 0 Å². The first-order valence-corrected chi connectivity index (χ1v) is 6.42. The molecule has 0 spiro atoms. The van der Waals surface area contributed by atoms with Crippen LogP contribution in [0.3, 0.4) is 0 Å². The van der Waals surface area contributed by atoms with Crippen LogP contribution < -0.4 is 0 Å². The van der Waals surface area contributed by atoms with Gasteiger partial charge < -0.3 is 9.63 Å². The second kappa shape index (κ2) is 5.60. The number of aliphatic hydroxyl groups is 1. The molecule has 0 amide bonds. The van der Waals surface area contributed by atoms with Crippen molar-refractivity contribution in [1.29, 1.82) is 0 Å². The van der Waals surface area contributed by atoms with Gasteiger partial charge in [-0.05, 0) is 19.8 Å². The van der Waals surface area contributed by atoms with Gasteiger partial charge in [0.1, 0.15) is 0 Å². The molecular formula is C12H21N3O2. The van der Waals surface area contributed by atoms with E-state index in [1.807, 2.05) is 6.92 Å². The minimum atomic E-state index is 0.211. The van der Waals surface area contributed by atoms with E-state index in [4.69, 9.17) is 4.52 Å². The predicted octanol–water partition coefficient (Wildman–Crippen LogP) is 1.37. The number of aryl methyl sites for hydroxylation is 1. The summed E-state index contributed by atoms with van der Waals surface area (Å²) in [6, 6.07) is 0.715. The maximum absolute atomic E-state index is 9.40. The highest BCUT2D eigenvalue weighted by atomic mass is 16.5. The number of rotatable bonds is 4. The third-order valence-electron chi connectivity index (χ3n) is 3.54. The fourth-order valence-electron chi connectivity index (χ4n) is 2.48. The van der Waals surface area contributed by atoms with Crippen LogP contribution in [0.1, 0.15) is 44.8 Å². The topological polar surface area (TPSA) is 62.4 Å². The van der Waals surface area contributed by atoms with Crippen LogP contribution in [0.25, 0.3) is 0 Å². The van der Waals surface area contributed by atoms with Crippen LogP contribution in [-0.2, 0) is 13.0 Å². The average Bonchev–Trinajstić information content (AvgIpc) is 2.79. The summed E-state index contributed by atoms with van der Waals surface area (Å²) in [4.78, 5) is 6.61. The number of hydrogen-bond acceptors (Lipinski definition) is 5. The largest absolute Gasteiger partial charge is 0.395 e. The predicted molar refractivity (Wildman–Crippen MR) is 63.4 cm³/mol. The molecule has 5 heteroatoms. The van der Waals surface area contributed by atoms with Crippen molar-refractivity contribution >= 4 is 0 Å². The van der Waals surface area contributed by atoms with Gasteiger partial charge in [0.2, 0.25) is 5.89 Å². The summed E-state index contributed by atoms with van der Waals surface area (Å²) in [6.45, 7) is 5.08. The van der Waals surface area contributed by atoms with Gasteiger partial charge in [0, 0.05) is 18.5 Å². The fraction of sp³-hybridized carbons (Fsp3) is 0.833.